The van der Waals surface area contributed by atoms with Gasteiger partial charge in [-0.05, 0) is 64.0 Å². The smallest absolute Gasteiger partial charge is 0.0108 e. The van der Waals surface area contributed by atoms with Gasteiger partial charge in [-0.1, -0.05) is 13.8 Å². The van der Waals surface area contributed by atoms with Gasteiger partial charge >= 0.3 is 0 Å². The van der Waals surface area contributed by atoms with Crippen molar-refractivity contribution in [2.75, 3.05) is 20.1 Å². The molecule has 2 heteroatoms. The van der Waals surface area contributed by atoms with Crippen LogP contribution in [0.4, 0.5) is 0 Å². The van der Waals surface area contributed by atoms with E-state index >= 15 is 0 Å². The maximum absolute atomic E-state index is 3.78. The molecule has 0 aromatic rings. The zero-order valence-corrected chi connectivity index (χ0v) is 11.9. The lowest BCUT2D eigenvalue weighted by Crippen LogP contribution is -2.45. The third-order valence-electron chi connectivity index (χ3n) is 4.59. The van der Waals surface area contributed by atoms with Gasteiger partial charge in [0.25, 0.3) is 0 Å². The first-order valence-electron chi connectivity index (χ1n) is 7.64. The molecule has 1 N–H and O–H groups in total. The van der Waals surface area contributed by atoms with Gasteiger partial charge in [-0.25, -0.2) is 0 Å². The minimum atomic E-state index is 0.785. The van der Waals surface area contributed by atoms with Crippen molar-refractivity contribution >= 4 is 0 Å². The second kappa shape index (κ2) is 6.19. The molecule has 2 nitrogen and oxygen atoms in total. The van der Waals surface area contributed by atoms with Crippen LogP contribution in [0, 0.1) is 11.8 Å². The highest BCUT2D eigenvalue weighted by Gasteiger charge is 2.33. The standard InChI is InChI=1S/C15H30N2/c1-4-9-16-15-8-5-12(2)10-13(15)11-17(3)14-6-7-14/h12-16H,4-11H2,1-3H3. The highest BCUT2D eigenvalue weighted by molar-refractivity contribution is 4.89. The summed E-state index contributed by atoms with van der Waals surface area (Å²) in [7, 11) is 2.33. The Bertz CT molecular complexity index is 223. The van der Waals surface area contributed by atoms with Crippen LogP contribution in [0.5, 0.6) is 0 Å². The molecule has 3 unspecified atom stereocenters. The highest BCUT2D eigenvalue weighted by Crippen LogP contribution is 2.32. The SMILES string of the molecule is CCCNC1CCC(C)CC1CN(C)C1CC1. The van der Waals surface area contributed by atoms with Crippen LogP contribution in [0.1, 0.15) is 52.4 Å². The van der Waals surface area contributed by atoms with E-state index in [0.29, 0.717) is 0 Å². The molecule has 100 valence electrons. The van der Waals surface area contributed by atoms with Gasteiger partial charge in [0, 0.05) is 18.6 Å². The van der Waals surface area contributed by atoms with Gasteiger partial charge in [-0.15, -0.1) is 0 Å². The van der Waals surface area contributed by atoms with Crippen molar-refractivity contribution in [1.29, 1.82) is 0 Å². The Morgan fingerprint density at radius 1 is 1.18 bits per heavy atom. The van der Waals surface area contributed by atoms with E-state index in [0.717, 1.165) is 23.9 Å². The molecule has 0 amide bonds. The lowest BCUT2D eigenvalue weighted by Gasteiger charge is -2.37. The molecule has 0 heterocycles. The summed E-state index contributed by atoms with van der Waals surface area (Å²) < 4.78 is 0. The van der Waals surface area contributed by atoms with E-state index in [1.807, 2.05) is 0 Å². The molecule has 2 saturated carbocycles. The van der Waals surface area contributed by atoms with Crippen LogP contribution < -0.4 is 5.32 Å². The maximum Gasteiger partial charge on any atom is 0.0108 e. The van der Waals surface area contributed by atoms with Gasteiger partial charge in [-0.3, -0.25) is 0 Å². The molecule has 3 atom stereocenters. The summed E-state index contributed by atoms with van der Waals surface area (Å²) in [6.45, 7) is 7.21. The molecule has 2 aliphatic rings. The summed E-state index contributed by atoms with van der Waals surface area (Å²) in [4.78, 5) is 2.61. The van der Waals surface area contributed by atoms with Gasteiger partial charge in [0.2, 0.25) is 0 Å². The van der Waals surface area contributed by atoms with Crippen molar-refractivity contribution in [2.24, 2.45) is 11.8 Å². The normalized spacial score (nSPS) is 34.2. The Labute approximate surface area is 107 Å². The molecule has 0 radical (unpaired) electrons. The molecule has 0 spiro atoms. The summed E-state index contributed by atoms with van der Waals surface area (Å²) in [5, 5.41) is 3.78. The van der Waals surface area contributed by atoms with Crippen LogP contribution >= 0.6 is 0 Å². The monoisotopic (exact) mass is 238 g/mol. The van der Waals surface area contributed by atoms with Gasteiger partial charge in [0.1, 0.15) is 0 Å². The van der Waals surface area contributed by atoms with E-state index in [1.165, 1.54) is 51.6 Å². The highest BCUT2D eigenvalue weighted by atomic mass is 15.2. The number of hydrogen-bond acceptors (Lipinski definition) is 2. The summed E-state index contributed by atoms with van der Waals surface area (Å²) in [5.74, 6) is 1.82. The van der Waals surface area contributed by atoms with Crippen LogP contribution in [-0.2, 0) is 0 Å². The second-order valence-corrected chi connectivity index (χ2v) is 6.41. The Morgan fingerprint density at radius 3 is 2.59 bits per heavy atom. The predicted molar refractivity (Wildman–Crippen MR) is 74.2 cm³/mol. The van der Waals surface area contributed by atoms with E-state index < -0.39 is 0 Å². The molecule has 2 fully saturated rings. The van der Waals surface area contributed by atoms with Crippen molar-refractivity contribution in [2.45, 2.75) is 64.5 Å². The molecular weight excluding hydrogens is 208 g/mol. The minimum absolute atomic E-state index is 0.785. The summed E-state index contributed by atoms with van der Waals surface area (Å²) in [5.41, 5.74) is 0. The van der Waals surface area contributed by atoms with Crippen molar-refractivity contribution in [3.8, 4) is 0 Å². The first-order valence-corrected chi connectivity index (χ1v) is 7.64. The minimum Gasteiger partial charge on any atom is -0.314 e. The zero-order chi connectivity index (χ0) is 12.3. The van der Waals surface area contributed by atoms with Crippen molar-refractivity contribution < 1.29 is 0 Å². The predicted octanol–water partition coefficient (Wildman–Crippen LogP) is 2.89. The molecule has 0 aromatic carbocycles. The van der Waals surface area contributed by atoms with Gasteiger partial charge < -0.3 is 10.2 Å². The number of nitrogens with zero attached hydrogens (tertiary/aromatic N) is 1. The van der Waals surface area contributed by atoms with Crippen LogP contribution in [0.2, 0.25) is 0 Å². The molecule has 2 rings (SSSR count). The number of hydrogen-bond donors (Lipinski definition) is 1. The van der Waals surface area contributed by atoms with E-state index in [9.17, 15) is 0 Å². The van der Waals surface area contributed by atoms with Crippen LogP contribution in [0.25, 0.3) is 0 Å². The molecule has 0 aliphatic heterocycles. The first-order chi connectivity index (χ1) is 8.20. The Hall–Kier alpha value is -0.0800. The zero-order valence-electron chi connectivity index (χ0n) is 11.9. The van der Waals surface area contributed by atoms with Crippen LogP contribution in [0.15, 0.2) is 0 Å². The quantitative estimate of drug-likeness (QED) is 0.765. The average Bonchev–Trinajstić information content (AvgIpc) is 3.12. The summed E-state index contributed by atoms with van der Waals surface area (Å²) in [6, 6.07) is 1.70. The molecular formula is C15H30N2. The molecule has 2 aliphatic carbocycles. The third kappa shape index (κ3) is 3.96. The molecule has 0 bridgehead atoms. The van der Waals surface area contributed by atoms with Gasteiger partial charge in [0.15, 0.2) is 0 Å². The first kappa shape index (κ1) is 13.4. The Morgan fingerprint density at radius 2 is 1.94 bits per heavy atom. The molecule has 0 saturated heterocycles. The van der Waals surface area contributed by atoms with E-state index in [2.05, 4.69) is 31.1 Å². The van der Waals surface area contributed by atoms with Crippen molar-refractivity contribution in [1.82, 2.24) is 10.2 Å². The van der Waals surface area contributed by atoms with Crippen LogP contribution in [0.3, 0.4) is 0 Å². The van der Waals surface area contributed by atoms with Gasteiger partial charge in [0.05, 0.1) is 0 Å². The number of nitrogens with one attached hydrogen (secondary N) is 1. The lowest BCUT2D eigenvalue weighted by atomic mass is 9.78. The fraction of sp³-hybridized carbons (Fsp3) is 1.00. The van der Waals surface area contributed by atoms with Gasteiger partial charge in [-0.2, -0.15) is 0 Å². The van der Waals surface area contributed by atoms with Crippen LogP contribution in [-0.4, -0.2) is 37.1 Å². The topological polar surface area (TPSA) is 15.3 Å². The Kier molecular flexibility index (Phi) is 4.87. The fourth-order valence-corrected chi connectivity index (χ4v) is 3.33. The number of rotatable bonds is 6. The maximum atomic E-state index is 3.78. The third-order valence-corrected chi connectivity index (χ3v) is 4.59. The van der Waals surface area contributed by atoms with Crippen molar-refractivity contribution in [3.05, 3.63) is 0 Å². The van der Waals surface area contributed by atoms with E-state index in [4.69, 9.17) is 0 Å². The largest absolute Gasteiger partial charge is 0.314 e. The fourth-order valence-electron chi connectivity index (χ4n) is 3.33. The van der Waals surface area contributed by atoms with E-state index in [-0.39, 0.29) is 0 Å². The van der Waals surface area contributed by atoms with E-state index in [1.54, 1.807) is 0 Å². The molecule has 0 aromatic heterocycles. The summed E-state index contributed by atoms with van der Waals surface area (Å²) in [6.07, 6.45) is 8.38. The Balaban J connectivity index is 1.83. The summed E-state index contributed by atoms with van der Waals surface area (Å²) >= 11 is 0. The lowest BCUT2D eigenvalue weighted by molar-refractivity contribution is 0.157. The molecule has 17 heavy (non-hydrogen) atoms. The second-order valence-electron chi connectivity index (χ2n) is 6.41. The van der Waals surface area contributed by atoms with Crippen molar-refractivity contribution in [3.63, 3.8) is 0 Å². The average molecular weight is 238 g/mol.